The molecule has 2 saturated heterocycles. The van der Waals surface area contributed by atoms with E-state index in [0.717, 1.165) is 24.2 Å². The largest absolute Gasteiger partial charge is 0.466 e. The third-order valence-electron chi connectivity index (χ3n) is 6.43. The fourth-order valence-electron chi connectivity index (χ4n) is 4.78. The lowest BCUT2D eigenvalue weighted by Crippen LogP contribution is -2.46. The van der Waals surface area contributed by atoms with Crippen molar-refractivity contribution < 1.29 is 28.6 Å². The van der Waals surface area contributed by atoms with Gasteiger partial charge in [-0.2, -0.15) is 0 Å². The highest BCUT2D eigenvalue weighted by molar-refractivity contribution is 5.81. The number of likely N-dealkylation sites (tertiary alicyclic amines) is 1. The Morgan fingerprint density at radius 2 is 2.13 bits per heavy atom. The smallest absolute Gasteiger partial charge is 0.310 e. The van der Waals surface area contributed by atoms with Gasteiger partial charge in [0.2, 0.25) is 18.6 Å². The summed E-state index contributed by atoms with van der Waals surface area (Å²) in [6.07, 6.45) is 4.24. The number of benzene rings is 1. The van der Waals surface area contributed by atoms with Crippen molar-refractivity contribution in [3.05, 3.63) is 23.8 Å². The summed E-state index contributed by atoms with van der Waals surface area (Å²) in [6.45, 7) is 3.44. The molecule has 31 heavy (non-hydrogen) atoms. The number of hydrogen-bond acceptors (Lipinski definition) is 6. The molecule has 4 rings (SSSR count). The summed E-state index contributed by atoms with van der Waals surface area (Å²) < 4.78 is 16.0. The van der Waals surface area contributed by atoms with Crippen LogP contribution in [-0.4, -0.2) is 54.7 Å². The highest BCUT2D eigenvalue weighted by Gasteiger charge is 2.39. The van der Waals surface area contributed by atoms with Gasteiger partial charge in [-0.25, -0.2) is 0 Å². The minimum absolute atomic E-state index is 0.0218. The number of nitrogens with zero attached hydrogens (tertiary/aromatic N) is 1. The molecule has 168 valence electrons. The minimum Gasteiger partial charge on any atom is -0.466 e. The van der Waals surface area contributed by atoms with Gasteiger partial charge in [0.05, 0.1) is 12.5 Å². The molecule has 0 saturated carbocycles. The molecule has 8 heteroatoms. The first-order valence-electron chi connectivity index (χ1n) is 11.1. The fraction of sp³-hybridized carbons (Fsp3) is 0.609. The van der Waals surface area contributed by atoms with Crippen molar-refractivity contribution in [3.8, 4) is 11.5 Å². The van der Waals surface area contributed by atoms with E-state index in [0.29, 0.717) is 57.6 Å². The zero-order chi connectivity index (χ0) is 21.8. The summed E-state index contributed by atoms with van der Waals surface area (Å²) in [7, 11) is 0. The molecule has 0 aromatic heterocycles. The van der Waals surface area contributed by atoms with Gasteiger partial charge < -0.3 is 24.4 Å². The predicted octanol–water partition coefficient (Wildman–Crippen LogP) is 2.19. The quantitative estimate of drug-likeness (QED) is 0.667. The molecule has 2 unspecified atom stereocenters. The van der Waals surface area contributed by atoms with E-state index in [-0.39, 0.29) is 30.5 Å². The average molecular weight is 431 g/mol. The highest BCUT2D eigenvalue weighted by atomic mass is 16.7. The lowest BCUT2D eigenvalue weighted by Gasteiger charge is -2.34. The van der Waals surface area contributed by atoms with Crippen LogP contribution in [0.2, 0.25) is 0 Å². The van der Waals surface area contributed by atoms with Crippen molar-refractivity contribution in [1.29, 1.82) is 0 Å². The number of hydrogen-bond donors (Lipinski definition) is 1. The Labute approximate surface area is 182 Å². The number of amides is 2. The molecule has 8 nitrogen and oxygen atoms in total. The SMILES string of the molecule is CCOC(=O)C1CCCN(C(=O)CCC2(Cc3ccc4c(c3)OCO4)CCC(=O)N2)C1. The summed E-state index contributed by atoms with van der Waals surface area (Å²) >= 11 is 0. The second-order valence-electron chi connectivity index (χ2n) is 8.62. The van der Waals surface area contributed by atoms with E-state index in [1.165, 1.54) is 0 Å². The molecule has 1 aromatic rings. The Morgan fingerprint density at radius 3 is 2.90 bits per heavy atom. The fourth-order valence-corrected chi connectivity index (χ4v) is 4.78. The van der Waals surface area contributed by atoms with E-state index in [1.54, 1.807) is 11.8 Å². The van der Waals surface area contributed by atoms with Gasteiger partial charge >= 0.3 is 5.97 Å². The number of fused-ring (bicyclic) bond motifs is 1. The van der Waals surface area contributed by atoms with Crippen molar-refractivity contribution in [2.45, 2.75) is 57.4 Å². The van der Waals surface area contributed by atoms with Crippen LogP contribution in [0.4, 0.5) is 0 Å². The molecule has 0 radical (unpaired) electrons. The van der Waals surface area contributed by atoms with Crippen molar-refractivity contribution in [1.82, 2.24) is 10.2 Å². The molecule has 2 fully saturated rings. The van der Waals surface area contributed by atoms with Crippen molar-refractivity contribution >= 4 is 17.8 Å². The number of rotatable bonds is 7. The molecular formula is C23H30N2O6. The van der Waals surface area contributed by atoms with Gasteiger partial charge in [-0.3, -0.25) is 14.4 Å². The first-order chi connectivity index (χ1) is 15.0. The van der Waals surface area contributed by atoms with E-state index in [2.05, 4.69) is 5.32 Å². The first kappa shape index (κ1) is 21.5. The average Bonchev–Trinajstić information content (AvgIpc) is 3.38. The summed E-state index contributed by atoms with van der Waals surface area (Å²) in [5.74, 6) is 1.03. The molecule has 0 spiro atoms. The van der Waals surface area contributed by atoms with Crippen molar-refractivity contribution in [2.24, 2.45) is 5.92 Å². The third kappa shape index (κ3) is 4.94. The molecular weight excluding hydrogens is 400 g/mol. The van der Waals surface area contributed by atoms with Crippen LogP contribution in [0.25, 0.3) is 0 Å². The second-order valence-corrected chi connectivity index (χ2v) is 8.62. The molecule has 2 atom stereocenters. The Bertz CT molecular complexity index is 856. The van der Waals surface area contributed by atoms with Gasteiger partial charge in [-0.1, -0.05) is 6.07 Å². The van der Waals surface area contributed by atoms with Crippen LogP contribution < -0.4 is 14.8 Å². The summed E-state index contributed by atoms with van der Waals surface area (Å²) in [6, 6.07) is 5.82. The van der Waals surface area contributed by atoms with Gasteiger partial charge in [-0.15, -0.1) is 0 Å². The highest BCUT2D eigenvalue weighted by Crippen LogP contribution is 2.36. The lowest BCUT2D eigenvalue weighted by molar-refractivity contribution is -0.151. The first-order valence-corrected chi connectivity index (χ1v) is 11.1. The van der Waals surface area contributed by atoms with Crippen LogP contribution in [0, 0.1) is 5.92 Å². The summed E-state index contributed by atoms with van der Waals surface area (Å²) in [4.78, 5) is 38.8. The zero-order valence-corrected chi connectivity index (χ0v) is 18.0. The monoisotopic (exact) mass is 430 g/mol. The zero-order valence-electron chi connectivity index (χ0n) is 18.0. The standard InChI is InChI=1S/C23H30N2O6/c1-2-29-22(28)17-4-3-11-25(14-17)21(27)8-10-23(9-7-20(26)24-23)13-16-5-6-18-19(12-16)31-15-30-18/h5-6,12,17H,2-4,7-11,13-15H2,1H3,(H,24,26). The molecule has 3 aliphatic rings. The molecule has 0 aliphatic carbocycles. The summed E-state index contributed by atoms with van der Waals surface area (Å²) in [5.41, 5.74) is 0.593. The van der Waals surface area contributed by atoms with Gasteiger partial charge in [-0.05, 0) is 56.7 Å². The molecule has 3 aliphatic heterocycles. The number of piperidine rings is 1. The molecule has 1 N–H and O–H groups in total. The van der Waals surface area contributed by atoms with E-state index in [4.69, 9.17) is 14.2 Å². The maximum atomic E-state index is 12.9. The maximum absolute atomic E-state index is 12.9. The Hall–Kier alpha value is -2.77. The van der Waals surface area contributed by atoms with Crippen molar-refractivity contribution in [3.63, 3.8) is 0 Å². The topological polar surface area (TPSA) is 94.2 Å². The Morgan fingerprint density at radius 1 is 1.29 bits per heavy atom. The lowest BCUT2D eigenvalue weighted by atomic mass is 9.84. The number of carbonyl (C=O) groups excluding carboxylic acids is 3. The van der Waals surface area contributed by atoms with Crippen LogP contribution in [0.5, 0.6) is 11.5 Å². The van der Waals surface area contributed by atoms with Gasteiger partial charge in [0.25, 0.3) is 0 Å². The molecule has 3 heterocycles. The maximum Gasteiger partial charge on any atom is 0.310 e. The summed E-state index contributed by atoms with van der Waals surface area (Å²) in [5, 5.41) is 3.13. The van der Waals surface area contributed by atoms with E-state index >= 15 is 0 Å². The van der Waals surface area contributed by atoms with Crippen LogP contribution in [0.1, 0.15) is 51.0 Å². The predicted molar refractivity (Wildman–Crippen MR) is 112 cm³/mol. The minimum atomic E-state index is -0.448. The van der Waals surface area contributed by atoms with Gasteiger partial charge in [0.1, 0.15) is 0 Å². The molecule has 0 bridgehead atoms. The van der Waals surface area contributed by atoms with Gasteiger partial charge in [0.15, 0.2) is 11.5 Å². The third-order valence-corrected chi connectivity index (χ3v) is 6.43. The normalized spacial score (nSPS) is 24.7. The van der Waals surface area contributed by atoms with Crippen LogP contribution in [0.3, 0.4) is 0 Å². The van der Waals surface area contributed by atoms with E-state index in [1.807, 2.05) is 18.2 Å². The van der Waals surface area contributed by atoms with E-state index in [9.17, 15) is 14.4 Å². The van der Waals surface area contributed by atoms with E-state index < -0.39 is 5.54 Å². The van der Waals surface area contributed by atoms with Crippen LogP contribution in [0.15, 0.2) is 18.2 Å². The van der Waals surface area contributed by atoms with Crippen molar-refractivity contribution in [2.75, 3.05) is 26.5 Å². The molecule has 1 aromatic carbocycles. The number of carbonyl (C=O) groups is 3. The number of esters is 1. The van der Waals surface area contributed by atoms with Gasteiger partial charge in [0, 0.05) is 31.5 Å². The Balaban J connectivity index is 1.38. The number of nitrogens with one attached hydrogen (secondary N) is 1. The van der Waals surface area contributed by atoms with Crippen LogP contribution in [-0.2, 0) is 25.5 Å². The second kappa shape index (κ2) is 9.16. The molecule has 2 amide bonds. The number of ether oxygens (including phenoxy) is 3. The van der Waals surface area contributed by atoms with Crippen LogP contribution >= 0.6 is 0 Å². The Kier molecular flexibility index (Phi) is 6.34.